The van der Waals surface area contributed by atoms with Crippen LogP contribution in [0.3, 0.4) is 0 Å². The molecule has 3 aromatic heterocycles. The van der Waals surface area contributed by atoms with Gasteiger partial charge in [-0.3, -0.25) is 14.6 Å². The fourth-order valence-corrected chi connectivity index (χ4v) is 4.57. The van der Waals surface area contributed by atoms with Crippen molar-refractivity contribution < 1.29 is 4.74 Å². The van der Waals surface area contributed by atoms with Crippen molar-refractivity contribution in [3.05, 3.63) is 54.4 Å². The summed E-state index contributed by atoms with van der Waals surface area (Å²) < 4.78 is 7.48. The molecule has 5 heterocycles. The Kier molecular flexibility index (Phi) is 5.90. The minimum absolute atomic E-state index is 0.368. The van der Waals surface area contributed by atoms with Crippen molar-refractivity contribution in [2.45, 2.75) is 25.3 Å². The molecule has 1 unspecified atom stereocenters. The maximum atomic E-state index is 5.52. The van der Waals surface area contributed by atoms with Gasteiger partial charge in [0.1, 0.15) is 0 Å². The van der Waals surface area contributed by atoms with Gasteiger partial charge in [0.2, 0.25) is 5.95 Å². The van der Waals surface area contributed by atoms with Crippen LogP contribution in [0.15, 0.2) is 43.0 Å². The van der Waals surface area contributed by atoms with Crippen LogP contribution in [0.5, 0.6) is 0 Å². The normalized spacial score (nSPS) is 20.2. The maximum Gasteiger partial charge on any atom is 0.225 e. The first kappa shape index (κ1) is 20.1. The molecule has 2 aliphatic heterocycles. The molecule has 0 N–H and O–H groups in total. The molecule has 0 saturated carbocycles. The van der Waals surface area contributed by atoms with Crippen molar-refractivity contribution in [3.8, 4) is 11.1 Å². The highest BCUT2D eigenvalue weighted by atomic mass is 16.5. The Balaban J connectivity index is 1.45. The molecule has 8 heteroatoms. The fourth-order valence-electron chi connectivity index (χ4n) is 4.57. The molecule has 2 saturated heterocycles. The molecular formula is C23H29N7O. The van der Waals surface area contributed by atoms with Gasteiger partial charge in [0, 0.05) is 69.5 Å². The molecule has 2 aliphatic rings. The highest BCUT2D eigenvalue weighted by Gasteiger charge is 2.27. The van der Waals surface area contributed by atoms with Gasteiger partial charge < -0.3 is 9.64 Å². The van der Waals surface area contributed by atoms with E-state index in [1.807, 2.05) is 48.6 Å². The molecule has 8 nitrogen and oxygen atoms in total. The molecule has 2 fully saturated rings. The average Bonchev–Trinajstić information content (AvgIpc) is 3.24. The largest absolute Gasteiger partial charge is 0.378 e. The third-order valence-electron chi connectivity index (χ3n) is 6.29. The van der Waals surface area contributed by atoms with Crippen LogP contribution in [0.25, 0.3) is 11.1 Å². The zero-order chi connectivity index (χ0) is 21.0. The van der Waals surface area contributed by atoms with Gasteiger partial charge >= 0.3 is 0 Å². The molecule has 1 atom stereocenters. The zero-order valence-corrected chi connectivity index (χ0v) is 18.0. The lowest BCUT2D eigenvalue weighted by Gasteiger charge is -2.34. The van der Waals surface area contributed by atoms with Crippen molar-refractivity contribution in [2.75, 3.05) is 44.3 Å². The number of rotatable bonds is 5. The fraction of sp³-hybridized carbons (Fsp3) is 0.478. The van der Waals surface area contributed by atoms with E-state index in [2.05, 4.69) is 25.9 Å². The number of anilines is 1. The third-order valence-corrected chi connectivity index (χ3v) is 6.29. The Morgan fingerprint density at radius 3 is 2.68 bits per heavy atom. The standard InChI is InChI=1S/C23H29N7O/c1-28-20(6-9-26-28)17-29-10-2-3-19(16-29)22-21(18-4-7-24-8-5-18)15-25-23(27-22)30-11-13-31-14-12-30/h4-9,15,19H,2-3,10-14,16-17H2,1H3. The van der Waals surface area contributed by atoms with Crippen LogP contribution in [0.2, 0.25) is 0 Å². The molecule has 0 aromatic carbocycles. The van der Waals surface area contributed by atoms with Crippen molar-refractivity contribution in [3.63, 3.8) is 0 Å². The first-order valence-electron chi connectivity index (χ1n) is 11.1. The smallest absolute Gasteiger partial charge is 0.225 e. The summed E-state index contributed by atoms with van der Waals surface area (Å²) in [6, 6.07) is 6.20. The first-order chi connectivity index (χ1) is 15.3. The summed E-state index contributed by atoms with van der Waals surface area (Å²) >= 11 is 0. The van der Waals surface area contributed by atoms with Gasteiger partial charge in [-0.1, -0.05) is 0 Å². The number of morpholine rings is 1. The quantitative estimate of drug-likeness (QED) is 0.629. The molecule has 0 aliphatic carbocycles. The van der Waals surface area contributed by atoms with Crippen LogP contribution < -0.4 is 4.90 Å². The van der Waals surface area contributed by atoms with Crippen molar-refractivity contribution in [2.24, 2.45) is 7.05 Å². The van der Waals surface area contributed by atoms with E-state index < -0.39 is 0 Å². The van der Waals surface area contributed by atoms with E-state index in [-0.39, 0.29) is 0 Å². The number of likely N-dealkylation sites (tertiary alicyclic amines) is 1. The van der Waals surface area contributed by atoms with Crippen molar-refractivity contribution in [1.82, 2.24) is 29.6 Å². The van der Waals surface area contributed by atoms with Gasteiger partial charge in [-0.15, -0.1) is 0 Å². The minimum Gasteiger partial charge on any atom is -0.378 e. The van der Waals surface area contributed by atoms with Crippen LogP contribution in [0.1, 0.15) is 30.1 Å². The zero-order valence-electron chi connectivity index (χ0n) is 18.0. The van der Waals surface area contributed by atoms with Crippen LogP contribution >= 0.6 is 0 Å². The van der Waals surface area contributed by atoms with Crippen LogP contribution in [-0.2, 0) is 18.3 Å². The molecule has 0 spiro atoms. The van der Waals surface area contributed by atoms with Crippen LogP contribution in [0, 0.1) is 0 Å². The molecule has 0 radical (unpaired) electrons. The Morgan fingerprint density at radius 2 is 1.90 bits per heavy atom. The lowest BCUT2D eigenvalue weighted by molar-refractivity contribution is 0.122. The summed E-state index contributed by atoms with van der Waals surface area (Å²) in [6.07, 6.45) is 9.85. The second-order valence-electron chi connectivity index (χ2n) is 8.32. The third kappa shape index (κ3) is 4.45. The number of hydrogen-bond acceptors (Lipinski definition) is 7. The lowest BCUT2D eigenvalue weighted by atomic mass is 9.90. The van der Waals surface area contributed by atoms with Gasteiger partial charge in [0.15, 0.2) is 0 Å². The van der Waals surface area contributed by atoms with E-state index in [4.69, 9.17) is 14.7 Å². The second kappa shape index (κ2) is 9.11. The van der Waals surface area contributed by atoms with Gasteiger partial charge in [-0.05, 0) is 43.1 Å². The number of pyridine rings is 1. The molecule has 31 heavy (non-hydrogen) atoms. The Morgan fingerprint density at radius 1 is 1.06 bits per heavy atom. The summed E-state index contributed by atoms with van der Waals surface area (Å²) in [5.74, 6) is 1.19. The monoisotopic (exact) mass is 419 g/mol. The van der Waals surface area contributed by atoms with E-state index in [1.54, 1.807) is 0 Å². The summed E-state index contributed by atoms with van der Waals surface area (Å²) in [6.45, 7) is 6.14. The molecule has 5 rings (SSSR count). The number of ether oxygens (including phenoxy) is 1. The number of aryl methyl sites for hydroxylation is 1. The summed E-state index contributed by atoms with van der Waals surface area (Å²) in [5, 5.41) is 4.32. The predicted molar refractivity (Wildman–Crippen MR) is 119 cm³/mol. The average molecular weight is 420 g/mol. The Hall–Kier alpha value is -2.84. The van der Waals surface area contributed by atoms with E-state index in [9.17, 15) is 0 Å². The highest BCUT2D eigenvalue weighted by Crippen LogP contribution is 2.34. The van der Waals surface area contributed by atoms with Gasteiger partial charge in [-0.2, -0.15) is 5.10 Å². The van der Waals surface area contributed by atoms with E-state index in [1.165, 1.54) is 5.69 Å². The number of nitrogens with zero attached hydrogens (tertiary/aromatic N) is 7. The van der Waals surface area contributed by atoms with E-state index in [0.29, 0.717) is 5.92 Å². The maximum absolute atomic E-state index is 5.52. The second-order valence-corrected chi connectivity index (χ2v) is 8.32. The minimum atomic E-state index is 0.368. The van der Waals surface area contributed by atoms with Gasteiger partial charge in [0.25, 0.3) is 0 Å². The SMILES string of the molecule is Cn1nccc1CN1CCCC(c2nc(N3CCOCC3)ncc2-c2ccncc2)C1. The highest BCUT2D eigenvalue weighted by molar-refractivity contribution is 5.66. The summed E-state index contributed by atoms with van der Waals surface area (Å²) in [4.78, 5) is 18.8. The topological polar surface area (TPSA) is 72.2 Å². The number of piperidine rings is 1. The molecular weight excluding hydrogens is 390 g/mol. The van der Waals surface area contributed by atoms with Crippen LogP contribution in [0.4, 0.5) is 5.95 Å². The lowest BCUT2D eigenvalue weighted by Crippen LogP contribution is -2.38. The van der Waals surface area contributed by atoms with Crippen molar-refractivity contribution in [1.29, 1.82) is 0 Å². The van der Waals surface area contributed by atoms with E-state index >= 15 is 0 Å². The van der Waals surface area contributed by atoms with Crippen LogP contribution in [-0.4, -0.2) is 69.0 Å². The van der Waals surface area contributed by atoms with E-state index in [0.717, 1.165) is 81.5 Å². The number of hydrogen-bond donors (Lipinski definition) is 0. The molecule has 162 valence electrons. The van der Waals surface area contributed by atoms with Gasteiger partial charge in [-0.25, -0.2) is 9.97 Å². The number of aromatic nitrogens is 5. The Bertz CT molecular complexity index is 1000. The predicted octanol–water partition coefficient (Wildman–Crippen LogP) is 2.49. The molecule has 3 aromatic rings. The summed E-state index contributed by atoms with van der Waals surface area (Å²) in [5.41, 5.74) is 4.64. The summed E-state index contributed by atoms with van der Waals surface area (Å²) in [7, 11) is 2.01. The van der Waals surface area contributed by atoms with Crippen molar-refractivity contribution >= 4 is 5.95 Å². The molecule has 0 amide bonds. The molecule has 0 bridgehead atoms. The Labute approximate surface area is 182 Å². The first-order valence-corrected chi connectivity index (χ1v) is 11.1. The van der Waals surface area contributed by atoms with Gasteiger partial charge in [0.05, 0.1) is 24.6 Å².